The number of aliphatic hydroxyl groups is 1. The molecule has 0 aromatic heterocycles. The number of Topliss-reactive ketones (excluding diaryl/α,β-unsaturated/α-hetero) is 1. The first kappa shape index (κ1) is 27.6. The molecule has 1 N–H and O–H groups in total. The second kappa shape index (κ2) is 11.4. The summed E-state index contributed by atoms with van der Waals surface area (Å²) in [5, 5.41) is 11.1. The topological polar surface area (TPSA) is 49.8 Å². The van der Waals surface area contributed by atoms with Crippen LogP contribution < -0.4 is 4.43 Å². The van der Waals surface area contributed by atoms with E-state index in [-0.39, 0.29) is 11.8 Å². The number of carbonyl (C=O) groups excluding carboxylic acids is 1. The number of rotatable bonds is 10. The Bertz CT molecular complexity index is 926. The molecular weight excluding hydrogens is 450 g/mol. The highest BCUT2D eigenvalue weighted by Gasteiger charge is 2.47. The maximum absolute atomic E-state index is 13.3. The minimum atomic E-state index is -2.02. The molecule has 1 atom stereocenters. The molecule has 192 valence electrons. The van der Waals surface area contributed by atoms with E-state index >= 15 is 0 Å². The maximum atomic E-state index is 13.3. The molecule has 5 heteroatoms. The van der Waals surface area contributed by atoms with Crippen molar-refractivity contribution < 1.29 is 14.3 Å². The summed E-state index contributed by atoms with van der Waals surface area (Å²) < 4.78 is 6.76. The summed E-state index contributed by atoms with van der Waals surface area (Å²) in [7, 11) is -2.02. The zero-order chi connectivity index (χ0) is 25.8. The minimum Gasteiger partial charge on any atom is -0.543 e. The molecule has 1 saturated heterocycles. The Labute approximate surface area is 213 Å². The number of carbonyl (C=O) groups is 1. The lowest BCUT2D eigenvalue weighted by molar-refractivity contribution is -0.0267. The van der Waals surface area contributed by atoms with Crippen LogP contribution in [0.5, 0.6) is 5.75 Å². The van der Waals surface area contributed by atoms with Crippen LogP contribution in [0, 0.1) is 0 Å². The van der Waals surface area contributed by atoms with Gasteiger partial charge in [-0.15, -0.1) is 0 Å². The lowest BCUT2D eigenvalue weighted by Gasteiger charge is -2.42. The molecule has 0 saturated carbocycles. The zero-order valence-electron chi connectivity index (χ0n) is 22.8. The summed E-state index contributed by atoms with van der Waals surface area (Å²) in [6, 6.07) is 17.8. The maximum Gasteiger partial charge on any atom is 0.258 e. The van der Waals surface area contributed by atoms with Crippen LogP contribution in [0.3, 0.4) is 0 Å². The quantitative estimate of drug-likeness (QED) is 0.288. The van der Waals surface area contributed by atoms with Crippen molar-refractivity contribution in [2.75, 3.05) is 13.1 Å². The van der Waals surface area contributed by atoms with Crippen LogP contribution in [-0.4, -0.2) is 48.8 Å². The molecule has 1 aliphatic rings. The SMILES string of the molecule is CC(C(=O)c1ccc(O[Si](C(C)C)(C(C)C)C(C)C)cc1)N1CCC(O)(Cc2ccccc2)CC1. The van der Waals surface area contributed by atoms with Gasteiger partial charge in [-0.05, 0) is 66.2 Å². The van der Waals surface area contributed by atoms with Gasteiger partial charge in [0, 0.05) is 25.1 Å². The average Bonchev–Trinajstić information content (AvgIpc) is 2.82. The molecular formula is C30H45NO3Si. The largest absolute Gasteiger partial charge is 0.543 e. The summed E-state index contributed by atoms with van der Waals surface area (Å²) >= 11 is 0. The van der Waals surface area contributed by atoms with Crippen molar-refractivity contribution in [2.45, 2.75) is 96.0 Å². The molecule has 0 spiro atoms. The highest BCUT2D eigenvalue weighted by Crippen LogP contribution is 2.42. The van der Waals surface area contributed by atoms with Crippen molar-refractivity contribution in [2.24, 2.45) is 0 Å². The van der Waals surface area contributed by atoms with Crippen LogP contribution in [0.1, 0.15) is 77.2 Å². The normalized spacial score (nSPS) is 17.7. The van der Waals surface area contributed by atoms with Crippen molar-refractivity contribution in [3.05, 3.63) is 65.7 Å². The lowest BCUT2D eigenvalue weighted by Crippen LogP contribution is -2.50. The van der Waals surface area contributed by atoms with Gasteiger partial charge in [0.05, 0.1) is 11.6 Å². The fraction of sp³-hybridized carbons (Fsp3) is 0.567. The molecule has 1 unspecified atom stereocenters. The highest BCUT2D eigenvalue weighted by atomic mass is 28.4. The predicted molar refractivity (Wildman–Crippen MR) is 148 cm³/mol. The van der Waals surface area contributed by atoms with E-state index in [0.29, 0.717) is 35.9 Å². The first-order chi connectivity index (χ1) is 16.5. The van der Waals surface area contributed by atoms with Crippen LogP contribution in [0.15, 0.2) is 54.6 Å². The molecule has 1 fully saturated rings. The number of hydrogen-bond acceptors (Lipinski definition) is 4. The number of likely N-dealkylation sites (tertiary alicyclic amines) is 1. The number of nitrogens with zero attached hydrogens (tertiary/aromatic N) is 1. The number of ketones is 1. The predicted octanol–water partition coefficient (Wildman–Crippen LogP) is 6.88. The molecule has 35 heavy (non-hydrogen) atoms. The first-order valence-electron chi connectivity index (χ1n) is 13.3. The Kier molecular flexibility index (Phi) is 9.00. The first-order valence-corrected chi connectivity index (χ1v) is 15.5. The zero-order valence-corrected chi connectivity index (χ0v) is 23.8. The van der Waals surface area contributed by atoms with Crippen LogP contribution >= 0.6 is 0 Å². The van der Waals surface area contributed by atoms with Gasteiger partial charge in [0.2, 0.25) is 0 Å². The molecule has 2 aromatic rings. The van der Waals surface area contributed by atoms with E-state index in [1.165, 1.54) is 0 Å². The molecule has 2 aromatic carbocycles. The molecule has 1 aliphatic heterocycles. The van der Waals surface area contributed by atoms with Crippen LogP contribution in [-0.2, 0) is 6.42 Å². The summed E-state index contributed by atoms with van der Waals surface area (Å²) in [5.74, 6) is 1.01. The fourth-order valence-corrected chi connectivity index (χ4v) is 11.4. The number of hydrogen-bond donors (Lipinski definition) is 1. The molecule has 0 bridgehead atoms. The smallest absolute Gasteiger partial charge is 0.258 e. The van der Waals surface area contributed by atoms with Gasteiger partial charge in [-0.3, -0.25) is 9.69 Å². The summed E-state index contributed by atoms with van der Waals surface area (Å²) in [6.45, 7) is 17.1. The van der Waals surface area contributed by atoms with E-state index in [0.717, 1.165) is 30.0 Å². The van der Waals surface area contributed by atoms with Gasteiger partial charge in [-0.1, -0.05) is 71.9 Å². The van der Waals surface area contributed by atoms with Crippen molar-refractivity contribution >= 4 is 14.1 Å². The minimum absolute atomic E-state index is 0.130. The van der Waals surface area contributed by atoms with Crippen LogP contribution in [0.2, 0.25) is 16.6 Å². The van der Waals surface area contributed by atoms with Crippen molar-refractivity contribution in [3.63, 3.8) is 0 Å². The van der Waals surface area contributed by atoms with Gasteiger partial charge in [0.25, 0.3) is 8.32 Å². The van der Waals surface area contributed by atoms with Crippen molar-refractivity contribution in [1.29, 1.82) is 0 Å². The molecule has 0 amide bonds. The standard InChI is InChI=1S/C30H45NO3Si/c1-22(2)35(23(3)4,24(5)6)34-28-15-13-27(14-16-28)29(32)25(7)31-19-17-30(33,18-20-31)21-26-11-9-8-10-12-26/h8-16,22-25,33H,17-21H2,1-7H3. The number of benzene rings is 2. The molecule has 3 rings (SSSR count). The van der Waals surface area contributed by atoms with Crippen molar-refractivity contribution in [3.8, 4) is 5.75 Å². The van der Waals surface area contributed by atoms with E-state index in [4.69, 9.17) is 4.43 Å². The third kappa shape index (κ3) is 6.25. The van der Waals surface area contributed by atoms with E-state index < -0.39 is 13.9 Å². The Morgan fingerprint density at radius 3 is 1.89 bits per heavy atom. The van der Waals surface area contributed by atoms with E-state index in [9.17, 15) is 9.90 Å². The summed E-state index contributed by atoms with van der Waals surface area (Å²) in [4.78, 5) is 15.5. The Morgan fingerprint density at radius 2 is 1.40 bits per heavy atom. The molecule has 0 radical (unpaired) electrons. The monoisotopic (exact) mass is 495 g/mol. The third-order valence-corrected chi connectivity index (χ3v) is 14.2. The van der Waals surface area contributed by atoms with Gasteiger partial charge >= 0.3 is 0 Å². The van der Waals surface area contributed by atoms with Crippen LogP contribution in [0.4, 0.5) is 0 Å². The van der Waals surface area contributed by atoms with Gasteiger partial charge in [-0.25, -0.2) is 0 Å². The van der Waals surface area contributed by atoms with Gasteiger partial charge in [0.1, 0.15) is 5.75 Å². The fourth-order valence-electron chi connectivity index (χ4n) is 6.13. The summed E-state index contributed by atoms with van der Waals surface area (Å²) in [6.07, 6.45) is 2.02. The highest BCUT2D eigenvalue weighted by molar-refractivity contribution is 6.78. The van der Waals surface area contributed by atoms with Crippen molar-refractivity contribution in [1.82, 2.24) is 4.90 Å². The average molecular weight is 496 g/mol. The van der Waals surface area contributed by atoms with Gasteiger partial charge in [-0.2, -0.15) is 0 Å². The van der Waals surface area contributed by atoms with E-state index in [2.05, 4.69) is 58.6 Å². The van der Waals surface area contributed by atoms with Gasteiger partial charge in [0.15, 0.2) is 5.78 Å². The lowest BCUT2D eigenvalue weighted by atomic mass is 9.84. The number of piperidine rings is 1. The molecule has 1 heterocycles. The Balaban J connectivity index is 1.63. The Hall–Kier alpha value is -1.95. The molecule has 0 aliphatic carbocycles. The van der Waals surface area contributed by atoms with E-state index in [1.807, 2.05) is 49.4 Å². The molecule has 4 nitrogen and oxygen atoms in total. The van der Waals surface area contributed by atoms with Gasteiger partial charge < -0.3 is 9.53 Å². The second-order valence-electron chi connectivity index (χ2n) is 11.4. The third-order valence-electron chi connectivity index (χ3n) is 8.17. The van der Waals surface area contributed by atoms with E-state index in [1.54, 1.807) is 0 Å². The Morgan fingerprint density at radius 1 is 0.886 bits per heavy atom. The second-order valence-corrected chi connectivity index (χ2v) is 16.8. The van der Waals surface area contributed by atoms with Crippen LogP contribution in [0.25, 0.3) is 0 Å². The summed E-state index contributed by atoms with van der Waals surface area (Å²) in [5.41, 5.74) is 2.70.